The lowest BCUT2D eigenvalue weighted by Crippen LogP contribution is -2.58. The van der Waals surface area contributed by atoms with Gasteiger partial charge in [-0.15, -0.1) is 0 Å². The Kier molecular flexibility index (Phi) is 5.77. The molecule has 0 amide bonds. The van der Waals surface area contributed by atoms with E-state index in [2.05, 4.69) is 76.4 Å². The number of piperidine rings is 1. The first-order valence-electron chi connectivity index (χ1n) is 14.3. The number of benzene rings is 2. The number of anilines is 2. The van der Waals surface area contributed by atoms with E-state index in [0.717, 1.165) is 80.1 Å². The summed E-state index contributed by atoms with van der Waals surface area (Å²) < 4.78 is 1.91. The topological polar surface area (TPSA) is 82.1 Å². The van der Waals surface area contributed by atoms with Gasteiger partial charge in [-0.1, -0.05) is 38.1 Å². The van der Waals surface area contributed by atoms with Crippen molar-refractivity contribution in [2.75, 3.05) is 42.5 Å². The van der Waals surface area contributed by atoms with Gasteiger partial charge in [-0.3, -0.25) is 9.67 Å². The van der Waals surface area contributed by atoms with E-state index in [-0.39, 0.29) is 5.69 Å². The summed E-state index contributed by atoms with van der Waals surface area (Å²) in [6.07, 6.45) is 5.08. The molecule has 8 heteroatoms. The SMILES string of the molecule is Cc1ccc2[nH]ncc2c1N1CCc2c(N3CCC4(CC3)CNC4)nc(=O)n(-c3ccccc3C(C)C)c2C1. The number of nitrogens with zero attached hydrogens (tertiary/aromatic N) is 5. The molecule has 7 rings (SSSR count). The Balaban J connectivity index is 1.37. The van der Waals surface area contributed by atoms with Gasteiger partial charge in [0.1, 0.15) is 5.82 Å². The van der Waals surface area contributed by atoms with E-state index >= 15 is 0 Å². The Morgan fingerprint density at radius 2 is 1.79 bits per heavy atom. The predicted molar refractivity (Wildman–Crippen MR) is 156 cm³/mol. The molecule has 0 bridgehead atoms. The van der Waals surface area contributed by atoms with Crippen molar-refractivity contribution >= 4 is 22.4 Å². The van der Waals surface area contributed by atoms with Crippen molar-refractivity contribution in [1.82, 2.24) is 25.1 Å². The average Bonchev–Trinajstić information content (AvgIpc) is 3.40. The summed E-state index contributed by atoms with van der Waals surface area (Å²) in [6, 6.07) is 12.6. The fraction of sp³-hybridized carbons (Fsp3) is 0.452. The number of para-hydroxylation sites is 1. The van der Waals surface area contributed by atoms with Gasteiger partial charge < -0.3 is 15.1 Å². The van der Waals surface area contributed by atoms with Crippen LogP contribution in [0.25, 0.3) is 16.6 Å². The predicted octanol–water partition coefficient (Wildman–Crippen LogP) is 4.29. The summed E-state index contributed by atoms with van der Waals surface area (Å²) in [6.45, 7) is 12.2. The molecule has 0 aliphatic carbocycles. The molecule has 3 aliphatic rings. The normalized spacial score (nSPS) is 18.6. The fourth-order valence-corrected chi connectivity index (χ4v) is 6.95. The lowest BCUT2D eigenvalue weighted by atomic mass is 9.73. The third-order valence-corrected chi connectivity index (χ3v) is 9.29. The highest BCUT2D eigenvalue weighted by molar-refractivity contribution is 5.93. The highest BCUT2D eigenvalue weighted by Gasteiger charge is 2.41. The van der Waals surface area contributed by atoms with Crippen LogP contribution in [-0.2, 0) is 13.0 Å². The van der Waals surface area contributed by atoms with Crippen LogP contribution >= 0.6 is 0 Å². The number of aromatic amines is 1. The molecule has 39 heavy (non-hydrogen) atoms. The zero-order valence-corrected chi connectivity index (χ0v) is 23.1. The van der Waals surface area contributed by atoms with Gasteiger partial charge in [0.05, 0.1) is 35.3 Å². The number of hydrogen-bond donors (Lipinski definition) is 2. The number of hydrogen-bond acceptors (Lipinski definition) is 6. The van der Waals surface area contributed by atoms with Crippen LogP contribution in [0.4, 0.5) is 11.5 Å². The lowest BCUT2D eigenvalue weighted by Gasteiger charge is -2.49. The van der Waals surface area contributed by atoms with Gasteiger partial charge in [0.2, 0.25) is 0 Å². The fourth-order valence-electron chi connectivity index (χ4n) is 6.95. The molecule has 2 aromatic carbocycles. The molecule has 0 unspecified atom stereocenters. The van der Waals surface area contributed by atoms with Crippen LogP contribution in [0.1, 0.15) is 55.0 Å². The number of H-pyrrole nitrogens is 1. The second-order valence-electron chi connectivity index (χ2n) is 12.0. The van der Waals surface area contributed by atoms with E-state index in [1.807, 2.05) is 16.8 Å². The van der Waals surface area contributed by atoms with Crippen LogP contribution in [0, 0.1) is 12.3 Å². The molecular weight excluding hydrogens is 486 g/mol. The molecule has 0 radical (unpaired) electrons. The Morgan fingerprint density at radius 1 is 1.00 bits per heavy atom. The van der Waals surface area contributed by atoms with Gasteiger partial charge in [-0.2, -0.15) is 10.1 Å². The van der Waals surface area contributed by atoms with Crippen LogP contribution < -0.4 is 20.8 Å². The first-order valence-corrected chi connectivity index (χ1v) is 14.3. The molecule has 1 spiro atoms. The minimum Gasteiger partial charge on any atom is -0.365 e. The molecule has 3 aliphatic heterocycles. The first kappa shape index (κ1) is 24.4. The number of rotatable bonds is 4. The number of nitrogens with one attached hydrogen (secondary N) is 2. The molecule has 0 atom stereocenters. The van der Waals surface area contributed by atoms with Crippen molar-refractivity contribution in [3.8, 4) is 5.69 Å². The Bertz CT molecular complexity index is 1600. The quantitative estimate of drug-likeness (QED) is 0.415. The van der Waals surface area contributed by atoms with E-state index in [0.29, 0.717) is 17.9 Å². The van der Waals surface area contributed by atoms with Gasteiger partial charge in [-0.05, 0) is 60.8 Å². The monoisotopic (exact) mass is 523 g/mol. The van der Waals surface area contributed by atoms with Crippen LogP contribution in [0.5, 0.6) is 0 Å². The molecule has 8 nitrogen and oxygen atoms in total. The third kappa shape index (κ3) is 3.95. The minimum atomic E-state index is -0.178. The van der Waals surface area contributed by atoms with Gasteiger partial charge in [0, 0.05) is 43.7 Å². The minimum absolute atomic E-state index is 0.178. The second-order valence-corrected chi connectivity index (χ2v) is 12.0. The molecule has 2 N–H and O–H groups in total. The summed E-state index contributed by atoms with van der Waals surface area (Å²) in [7, 11) is 0. The smallest absolute Gasteiger partial charge is 0.354 e. The summed E-state index contributed by atoms with van der Waals surface area (Å²) in [4.78, 5) is 23.6. The van der Waals surface area contributed by atoms with Gasteiger partial charge >= 0.3 is 5.69 Å². The van der Waals surface area contributed by atoms with Crippen LogP contribution in [0.2, 0.25) is 0 Å². The van der Waals surface area contributed by atoms with E-state index in [9.17, 15) is 4.79 Å². The highest BCUT2D eigenvalue weighted by atomic mass is 16.1. The molecule has 2 aromatic heterocycles. The van der Waals surface area contributed by atoms with Crippen molar-refractivity contribution in [2.24, 2.45) is 5.41 Å². The molecular formula is C31H37N7O. The van der Waals surface area contributed by atoms with Crippen molar-refractivity contribution in [3.05, 3.63) is 75.5 Å². The number of aryl methyl sites for hydroxylation is 1. The van der Waals surface area contributed by atoms with E-state index < -0.39 is 0 Å². The summed E-state index contributed by atoms with van der Waals surface area (Å²) in [5.41, 5.74) is 8.12. The maximum Gasteiger partial charge on any atom is 0.354 e. The zero-order valence-electron chi connectivity index (χ0n) is 23.1. The largest absolute Gasteiger partial charge is 0.365 e. The maximum atomic E-state index is 14.0. The third-order valence-electron chi connectivity index (χ3n) is 9.29. The van der Waals surface area contributed by atoms with E-state index in [4.69, 9.17) is 4.98 Å². The van der Waals surface area contributed by atoms with E-state index in [1.165, 1.54) is 22.4 Å². The molecule has 2 saturated heterocycles. The van der Waals surface area contributed by atoms with Crippen molar-refractivity contribution < 1.29 is 0 Å². The Hall–Kier alpha value is -3.65. The number of aromatic nitrogens is 4. The van der Waals surface area contributed by atoms with E-state index in [1.54, 1.807) is 0 Å². The lowest BCUT2D eigenvalue weighted by molar-refractivity contribution is 0.126. The maximum absolute atomic E-state index is 14.0. The Labute approximate surface area is 229 Å². The zero-order chi connectivity index (χ0) is 26.7. The summed E-state index contributed by atoms with van der Waals surface area (Å²) in [5, 5.41) is 12.0. The first-order chi connectivity index (χ1) is 18.9. The van der Waals surface area contributed by atoms with Gasteiger partial charge in [0.15, 0.2) is 0 Å². The summed E-state index contributed by atoms with van der Waals surface area (Å²) >= 11 is 0. The van der Waals surface area contributed by atoms with Gasteiger partial charge in [-0.25, -0.2) is 4.79 Å². The van der Waals surface area contributed by atoms with Gasteiger partial charge in [0.25, 0.3) is 0 Å². The molecule has 202 valence electrons. The highest BCUT2D eigenvalue weighted by Crippen LogP contribution is 2.39. The Morgan fingerprint density at radius 3 is 2.54 bits per heavy atom. The molecule has 4 aromatic rings. The van der Waals surface area contributed by atoms with Crippen LogP contribution in [0.3, 0.4) is 0 Å². The standard InChI is InChI=1S/C31H37N7O/c1-20(2)22-6-4-5-7-26(22)38-27-17-37(28-21(3)8-9-25-24(28)16-33-35-25)13-10-23(27)29(34-30(38)39)36-14-11-31(12-15-36)18-32-19-31/h4-9,16,20,32H,10-15,17-19H2,1-3H3,(H,33,35). The molecule has 2 fully saturated rings. The molecule has 5 heterocycles. The van der Waals surface area contributed by atoms with Crippen LogP contribution in [0.15, 0.2) is 47.4 Å². The summed E-state index contributed by atoms with van der Waals surface area (Å²) in [5.74, 6) is 1.20. The van der Waals surface area contributed by atoms with Crippen molar-refractivity contribution in [3.63, 3.8) is 0 Å². The number of fused-ring (bicyclic) bond motifs is 2. The van der Waals surface area contributed by atoms with Crippen molar-refractivity contribution in [1.29, 1.82) is 0 Å². The van der Waals surface area contributed by atoms with Crippen molar-refractivity contribution in [2.45, 2.75) is 52.5 Å². The molecule has 0 saturated carbocycles. The van der Waals surface area contributed by atoms with Crippen LogP contribution in [-0.4, -0.2) is 52.5 Å². The second kappa shape index (κ2) is 9.23. The average molecular weight is 524 g/mol.